The molecule has 0 spiro atoms. The van der Waals surface area contributed by atoms with Crippen LogP contribution in [0.5, 0.6) is 0 Å². The van der Waals surface area contributed by atoms with Gasteiger partial charge in [0.25, 0.3) is 0 Å². The first-order valence-corrected chi connectivity index (χ1v) is 15.5. The monoisotopic (exact) mass is 582 g/mol. The maximum absolute atomic E-state index is 13.9. The second kappa shape index (κ2) is 14.8. The van der Waals surface area contributed by atoms with Gasteiger partial charge in [-0.15, -0.1) is 11.8 Å². The van der Waals surface area contributed by atoms with Crippen molar-refractivity contribution in [1.29, 1.82) is 0 Å². The van der Waals surface area contributed by atoms with Gasteiger partial charge < -0.3 is 10.2 Å². The molecule has 0 heterocycles. The van der Waals surface area contributed by atoms with Gasteiger partial charge in [0, 0.05) is 34.8 Å². The number of halogens is 2. The smallest absolute Gasteiger partial charge is 0.243 e. The van der Waals surface area contributed by atoms with Crippen LogP contribution in [0.2, 0.25) is 10.0 Å². The molecule has 39 heavy (non-hydrogen) atoms. The Labute approximate surface area is 246 Å². The molecule has 0 saturated heterocycles. The molecule has 0 aromatic heterocycles. The molecule has 1 N–H and O–H groups in total. The van der Waals surface area contributed by atoms with Gasteiger partial charge in [-0.25, -0.2) is 0 Å². The number of benzene rings is 3. The van der Waals surface area contributed by atoms with Crippen molar-refractivity contribution in [1.82, 2.24) is 10.2 Å². The zero-order valence-corrected chi connectivity index (χ0v) is 24.7. The Balaban J connectivity index is 1.59. The summed E-state index contributed by atoms with van der Waals surface area (Å²) in [6.07, 6.45) is 5.83. The van der Waals surface area contributed by atoms with Crippen LogP contribution in [0, 0.1) is 6.92 Å². The quantitative estimate of drug-likeness (QED) is 0.253. The van der Waals surface area contributed by atoms with Gasteiger partial charge in [-0.1, -0.05) is 109 Å². The summed E-state index contributed by atoms with van der Waals surface area (Å²) >= 11 is 14.3. The van der Waals surface area contributed by atoms with E-state index in [2.05, 4.69) is 30.4 Å². The molecule has 206 valence electrons. The van der Waals surface area contributed by atoms with E-state index in [-0.39, 0.29) is 30.2 Å². The van der Waals surface area contributed by atoms with Crippen molar-refractivity contribution in [2.75, 3.05) is 5.75 Å². The summed E-state index contributed by atoms with van der Waals surface area (Å²) in [5.41, 5.74) is 4.15. The third-order valence-corrected chi connectivity index (χ3v) is 8.73. The molecule has 1 aliphatic carbocycles. The lowest BCUT2D eigenvalue weighted by atomic mass is 9.94. The highest BCUT2D eigenvalue weighted by atomic mass is 35.5. The lowest BCUT2D eigenvalue weighted by Crippen LogP contribution is -2.53. The molecule has 4 nitrogen and oxygen atoms in total. The molecule has 0 unspecified atom stereocenters. The van der Waals surface area contributed by atoms with Gasteiger partial charge in [-0.2, -0.15) is 0 Å². The molecule has 1 aliphatic rings. The molecular formula is C32H36Cl2N2O2S. The standard InChI is InChI=1S/C32H36Cl2N2O2S/c1-23-9-8-12-25(17-23)21-39-22-31(37)36(20-26-15-16-27(33)19-29(26)34)30(18-24-10-4-2-5-11-24)32(38)35-28-13-6-3-7-14-28/h2,4-5,8-12,15-17,19,28,30H,3,6-7,13-14,18,20-22H2,1H3,(H,35,38)/t30-/m0/s1. The molecule has 3 aromatic rings. The van der Waals surface area contributed by atoms with Crippen molar-refractivity contribution in [3.8, 4) is 0 Å². The van der Waals surface area contributed by atoms with Gasteiger partial charge >= 0.3 is 0 Å². The van der Waals surface area contributed by atoms with Crippen molar-refractivity contribution < 1.29 is 9.59 Å². The first-order chi connectivity index (χ1) is 18.9. The first-order valence-electron chi connectivity index (χ1n) is 13.6. The number of hydrogen-bond donors (Lipinski definition) is 1. The van der Waals surface area contributed by atoms with Crippen molar-refractivity contribution >= 4 is 46.8 Å². The van der Waals surface area contributed by atoms with Crippen LogP contribution >= 0.6 is 35.0 Å². The number of amides is 2. The fraction of sp³-hybridized carbons (Fsp3) is 0.375. The van der Waals surface area contributed by atoms with E-state index in [9.17, 15) is 9.59 Å². The Bertz CT molecular complexity index is 1250. The molecule has 4 rings (SSSR count). The summed E-state index contributed by atoms with van der Waals surface area (Å²) < 4.78 is 0. The van der Waals surface area contributed by atoms with E-state index < -0.39 is 6.04 Å². The summed E-state index contributed by atoms with van der Waals surface area (Å²) in [5.74, 6) is 0.799. The van der Waals surface area contributed by atoms with Crippen molar-refractivity contribution in [2.24, 2.45) is 0 Å². The molecule has 3 aromatic carbocycles. The van der Waals surface area contributed by atoms with E-state index in [0.717, 1.165) is 42.6 Å². The van der Waals surface area contributed by atoms with Crippen molar-refractivity contribution in [3.05, 3.63) is 105 Å². The van der Waals surface area contributed by atoms with E-state index in [0.29, 0.717) is 16.5 Å². The van der Waals surface area contributed by atoms with Crippen LogP contribution in [-0.2, 0) is 28.3 Å². The molecule has 2 amide bonds. The van der Waals surface area contributed by atoms with Crippen LogP contribution in [0.15, 0.2) is 72.8 Å². The molecule has 1 fully saturated rings. The lowest BCUT2D eigenvalue weighted by molar-refractivity contribution is -0.139. The fourth-order valence-corrected chi connectivity index (χ4v) is 6.40. The second-order valence-corrected chi connectivity index (χ2v) is 12.1. The molecule has 7 heteroatoms. The van der Waals surface area contributed by atoms with Gasteiger partial charge in [-0.3, -0.25) is 9.59 Å². The minimum absolute atomic E-state index is 0.0848. The number of carbonyl (C=O) groups is 2. The zero-order valence-electron chi connectivity index (χ0n) is 22.4. The number of aryl methyl sites for hydroxylation is 1. The highest BCUT2D eigenvalue weighted by molar-refractivity contribution is 7.99. The Hall–Kier alpha value is -2.47. The topological polar surface area (TPSA) is 49.4 Å². The van der Waals surface area contributed by atoms with Crippen molar-refractivity contribution in [2.45, 2.75) is 69.8 Å². The van der Waals surface area contributed by atoms with Gasteiger partial charge in [0.1, 0.15) is 6.04 Å². The Morgan fingerprint density at radius 1 is 0.949 bits per heavy atom. The average molecular weight is 584 g/mol. The highest BCUT2D eigenvalue weighted by Crippen LogP contribution is 2.26. The normalized spacial score (nSPS) is 14.5. The first kappa shape index (κ1) is 29.5. The van der Waals surface area contributed by atoms with Crippen molar-refractivity contribution in [3.63, 3.8) is 0 Å². The minimum atomic E-state index is -0.659. The second-order valence-electron chi connectivity index (χ2n) is 10.3. The Morgan fingerprint density at radius 2 is 1.69 bits per heavy atom. The number of nitrogens with zero attached hydrogens (tertiary/aromatic N) is 1. The highest BCUT2D eigenvalue weighted by Gasteiger charge is 2.32. The third-order valence-electron chi connectivity index (χ3n) is 7.16. The molecular weight excluding hydrogens is 547 g/mol. The molecule has 0 radical (unpaired) electrons. The van der Waals surface area contributed by atoms with E-state index in [4.69, 9.17) is 23.2 Å². The van der Waals surface area contributed by atoms with E-state index >= 15 is 0 Å². The minimum Gasteiger partial charge on any atom is -0.352 e. The molecule has 1 saturated carbocycles. The number of thioether (sulfide) groups is 1. The van der Waals surface area contributed by atoms with Crippen LogP contribution in [0.3, 0.4) is 0 Å². The summed E-state index contributed by atoms with van der Waals surface area (Å²) in [4.78, 5) is 29.4. The summed E-state index contributed by atoms with van der Waals surface area (Å²) in [7, 11) is 0. The third kappa shape index (κ3) is 9.02. The number of rotatable bonds is 11. The Morgan fingerprint density at radius 3 is 2.41 bits per heavy atom. The van der Waals surface area contributed by atoms with Crippen LogP contribution in [-0.4, -0.2) is 34.6 Å². The van der Waals surface area contributed by atoms with Crippen LogP contribution in [0.4, 0.5) is 0 Å². The largest absolute Gasteiger partial charge is 0.352 e. The lowest BCUT2D eigenvalue weighted by Gasteiger charge is -2.33. The maximum Gasteiger partial charge on any atom is 0.243 e. The van der Waals surface area contributed by atoms with E-state index in [1.807, 2.05) is 42.5 Å². The molecule has 1 atom stereocenters. The predicted octanol–water partition coefficient (Wildman–Crippen LogP) is 7.62. The predicted molar refractivity (Wildman–Crippen MR) is 163 cm³/mol. The zero-order chi connectivity index (χ0) is 27.6. The molecule has 0 aliphatic heterocycles. The number of carbonyl (C=O) groups excluding carboxylic acids is 2. The van der Waals surface area contributed by atoms with E-state index in [1.54, 1.807) is 28.8 Å². The SMILES string of the molecule is Cc1cccc(CSCC(=O)N(Cc2ccc(Cl)cc2Cl)[C@@H](Cc2ccccc2)C(=O)NC2CCCCC2)c1. The maximum atomic E-state index is 13.9. The van der Waals surface area contributed by atoms with E-state index in [1.165, 1.54) is 17.5 Å². The van der Waals surface area contributed by atoms with Crippen LogP contribution < -0.4 is 5.32 Å². The fourth-order valence-electron chi connectivity index (χ4n) is 5.07. The van der Waals surface area contributed by atoms with Gasteiger partial charge in [-0.05, 0) is 48.6 Å². The van der Waals surface area contributed by atoms with Gasteiger partial charge in [0.15, 0.2) is 0 Å². The summed E-state index contributed by atoms with van der Waals surface area (Å²) in [6.45, 7) is 2.30. The summed E-state index contributed by atoms with van der Waals surface area (Å²) in [5, 5.41) is 4.30. The average Bonchev–Trinajstić information content (AvgIpc) is 2.93. The van der Waals surface area contributed by atoms with Gasteiger partial charge in [0.2, 0.25) is 11.8 Å². The summed E-state index contributed by atoms with van der Waals surface area (Å²) in [6, 6.07) is 23.0. The number of nitrogens with one attached hydrogen (secondary N) is 1. The Kier molecular flexibility index (Phi) is 11.2. The van der Waals surface area contributed by atoms with Crippen LogP contribution in [0.1, 0.15) is 54.4 Å². The number of hydrogen-bond acceptors (Lipinski definition) is 3. The molecule has 0 bridgehead atoms. The van der Waals surface area contributed by atoms with Crippen LogP contribution in [0.25, 0.3) is 0 Å². The van der Waals surface area contributed by atoms with Gasteiger partial charge in [0.05, 0.1) is 5.75 Å².